The molecule has 8 nitrogen and oxygen atoms in total. The van der Waals surface area contributed by atoms with Crippen LogP contribution in [0.1, 0.15) is 33.1 Å². The number of pyridine rings is 1. The van der Waals surface area contributed by atoms with Gasteiger partial charge in [0.05, 0.1) is 23.8 Å². The molecule has 2 aromatic heterocycles. The number of fused-ring (bicyclic) bond motifs is 1. The Hall–Kier alpha value is -3.33. The van der Waals surface area contributed by atoms with Gasteiger partial charge in [-0.15, -0.1) is 0 Å². The number of hydrogen-bond donors (Lipinski definition) is 1. The van der Waals surface area contributed by atoms with Crippen LogP contribution in [0.5, 0.6) is 5.88 Å². The van der Waals surface area contributed by atoms with Crippen molar-refractivity contribution in [3.63, 3.8) is 0 Å². The third kappa shape index (κ3) is 5.77. The maximum atomic E-state index is 14.8. The molecule has 0 radical (unpaired) electrons. The monoisotopic (exact) mass is 466 g/mol. The first-order valence-corrected chi connectivity index (χ1v) is 11.7. The molecule has 1 aliphatic heterocycles. The van der Waals surface area contributed by atoms with E-state index in [0.717, 1.165) is 26.1 Å². The van der Waals surface area contributed by atoms with Crippen molar-refractivity contribution in [2.75, 3.05) is 38.2 Å². The maximum absolute atomic E-state index is 14.8. The van der Waals surface area contributed by atoms with E-state index in [-0.39, 0.29) is 18.0 Å². The normalized spacial score (nSPS) is 14.0. The Morgan fingerprint density at radius 1 is 1.18 bits per heavy atom. The van der Waals surface area contributed by atoms with Crippen molar-refractivity contribution in [3.8, 4) is 17.0 Å². The van der Waals surface area contributed by atoms with E-state index in [1.807, 2.05) is 13.8 Å². The second-order valence-corrected chi connectivity index (χ2v) is 8.83. The SMILES string of the molecule is CC(C)NC(=O)N(C)c1cnc2ccc(-c3ccc(OCCCN4CCCC4)nc3F)cc2n1. The molecular formula is C25H31FN6O2. The molecule has 9 heteroatoms. The fourth-order valence-electron chi connectivity index (χ4n) is 3.96. The number of nitrogens with zero attached hydrogens (tertiary/aromatic N) is 5. The Labute approximate surface area is 199 Å². The molecule has 0 atom stereocenters. The summed E-state index contributed by atoms with van der Waals surface area (Å²) in [6.07, 6.45) is 4.96. The molecule has 3 aromatic rings. The van der Waals surface area contributed by atoms with Crippen LogP contribution in [0.2, 0.25) is 0 Å². The van der Waals surface area contributed by atoms with Gasteiger partial charge < -0.3 is 15.0 Å². The van der Waals surface area contributed by atoms with Gasteiger partial charge in [0.25, 0.3) is 0 Å². The lowest BCUT2D eigenvalue weighted by molar-refractivity contribution is 0.245. The molecule has 1 fully saturated rings. The minimum atomic E-state index is -0.603. The molecule has 1 aliphatic rings. The molecule has 0 unspecified atom stereocenters. The number of urea groups is 1. The van der Waals surface area contributed by atoms with Gasteiger partial charge in [0, 0.05) is 31.3 Å². The van der Waals surface area contributed by atoms with Crippen molar-refractivity contribution in [2.24, 2.45) is 0 Å². The highest BCUT2D eigenvalue weighted by Gasteiger charge is 2.15. The van der Waals surface area contributed by atoms with Crippen molar-refractivity contribution in [1.29, 1.82) is 0 Å². The molecular weight excluding hydrogens is 435 g/mol. The topological polar surface area (TPSA) is 83.5 Å². The number of halogens is 1. The Morgan fingerprint density at radius 3 is 2.71 bits per heavy atom. The molecule has 0 spiro atoms. The summed E-state index contributed by atoms with van der Waals surface area (Å²) in [4.78, 5) is 29.0. The van der Waals surface area contributed by atoms with Gasteiger partial charge in [-0.25, -0.2) is 9.78 Å². The zero-order chi connectivity index (χ0) is 24.1. The fourth-order valence-corrected chi connectivity index (χ4v) is 3.96. The summed E-state index contributed by atoms with van der Waals surface area (Å²) >= 11 is 0. The zero-order valence-electron chi connectivity index (χ0n) is 19.9. The van der Waals surface area contributed by atoms with E-state index < -0.39 is 5.95 Å². The van der Waals surface area contributed by atoms with Gasteiger partial charge in [-0.1, -0.05) is 6.07 Å². The number of rotatable bonds is 8. The predicted octanol–water partition coefficient (Wildman–Crippen LogP) is 4.25. The number of carbonyl (C=O) groups is 1. The highest BCUT2D eigenvalue weighted by molar-refractivity contribution is 5.91. The summed E-state index contributed by atoms with van der Waals surface area (Å²) in [6, 6.07) is 8.38. The van der Waals surface area contributed by atoms with Gasteiger partial charge in [0.15, 0.2) is 5.82 Å². The van der Waals surface area contributed by atoms with Crippen molar-refractivity contribution >= 4 is 22.9 Å². The molecule has 34 heavy (non-hydrogen) atoms. The number of nitrogens with one attached hydrogen (secondary N) is 1. The second kappa shape index (κ2) is 10.7. The van der Waals surface area contributed by atoms with Crippen LogP contribution in [-0.2, 0) is 0 Å². The molecule has 0 saturated carbocycles. The van der Waals surface area contributed by atoms with Crippen LogP contribution in [0.25, 0.3) is 22.2 Å². The lowest BCUT2D eigenvalue weighted by Crippen LogP contribution is -2.41. The van der Waals surface area contributed by atoms with Gasteiger partial charge >= 0.3 is 6.03 Å². The second-order valence-electron chi connectivity index (χ2n) is 8.83. The minimum Gasteiger partial charge on any atom is -0.478 e. The number of benzene rings is 1. The molecule has 3 heterocycles. The maximum Gasteiger partial charge on any atom is 0.323 e. The van der Waals surface area contributed by atoms with Gasteiger partial charge in [0.2, 0.25) is 11.8 Å². The summed E-state index contributed by atoms with van der Waals surface area (Å²) < 4.78 is 20.5. The summed E-state index contributed by atoms with van der Waals surface area (Å²) in [6.45, 7) is 7.58. The number of anilines is 1. The van der Waals surface area contributed by atoms with E-state index in [2.05, 4.69) is 25.2 Å². The predicted molar refractivity (Wildman–Crippen MR) is 131 cm³/mol. The van der Waals surface area contributed by atoms with Gasteiger partial charge in [-0.05, 0) is 70.0 Å². The van der Waals surface area contributed by atoms with E-state index in [1.165, 1.54) is 17.7 Å². The first-order chi connectivity index (χ1) is 16.4. The summed E-state index contributed by atoms with van der Waals surface area (Å²) in [5, 5.41) is 2.82. The average molecular weight is 467 g/mol. The quantitative estimate of drug-likeness (QED) is 0.395. The Kier molecular flexibility index (Phi) is 7.52. The molecule has 180 valence electrons. The summed E-state index contributed by atoms with van der Waals surface area (Å²) in [7, 11) is 1.63. The van der Waals surface area contributed by atoms with Crippen LogP contribution in [0, 0.1) is 5.95 Å². The van der Waals surface area contributed by atoms with E-state index in [1.54, 1.807) is 43.6 Å². The number of hydrogen-bond acceptors (Lipinski definition) is 6. The van der Waals surface area contributed by atoms with Gasteiger partial charge in [-0.2, -0.15) is 9.37 Å². The van der Waals surface area contributed by atoms with Crippen molar-refractivity contribution in [3.05, 3.63) is 42.5 Å². The average Bonchev–Trinajstić information content (AvgIpc) is 3.34. The Balaban J connectivity index is 1.46. The third-order valence-electron chi connectivity index (χ3n) is 5.79. The van der Waals surface area contributed by atoms with Gasteiger partial charge in [0.1, 0.15) is 0 Å². The van der Waals surface area contributed by atoms with Crippen LogP contribution < -0.4 is 15.0 Å². The first kappa shape index (κ1) is 23.8. The largest absolute Gasteiger partial charge is 0.478 e. The fraction of sp³-hybridized carbons (Fsp3) is 0.440. The Bertz CT molecular complexity index is 1150. The van der Waals surface area contributed by atoms with E-state index in [9.17, 15) is 9.18 Å². The standard InChI is InChI=1S/C25H31FN6O2/c1-17(2)28-25(33)31(3)22-16-27-20-9-7-18(15-21(20)29-22)19-8-10-23(30-24(19)26)34-14-6-13-32-11-4-5-12-32/h7-10,15-17H,4-6,11-14H2,1-3H3,(H,28,33). The zero-order valence-corrected chi connectivity index (χ0v) is 19.9. The number of aromatic nitrogens is 3. The molecule has 4 rings (SSSR count). The molecule has 0 aliphatic carbocycles. The van der Waals surface area contributed by atoms with Crippen molar-refractivity contribution in [2.45, 2.75) is 39.2 Å². The number of carbonyl (C=O) groups excluding carboxylic acids is 1. The lowest BCUT2D eigenvalue weighted by atomic mass is 10.1. The van der Waals surface area contributed by atoms with Crippen LogP contribution >= 0.6 is 0 Å². The van der Waals surface area contributed by atoms with Crippen LogP contribution in [-0.4, -0.2) is 65.2 Å². The molecule has 1 N–H and O–H groups in total. The first-order valence-electron chi connectivity index (χ1n) is 11.7. The molecule has 0 bridgehead atoms. The highest BCUT2D eigenvalue weighted by Crippen LogP contribution is 2.27. The number of likely N-dealkylation sites (tertiary alicyclic amines) is 1. The van der Waals surface area contributed by atoms with Crippen LogP contribution in [0.3, 0.4) is 0 Å². The summed E-state index contributed by atoms with van der Waals surface area (Å²) in [5.41, 5.74) is 2.18. The summed E-state index contributed by atoms with van der Waals surface area (Å²) in [5.74, 6) is 0.0799. The molecule has 1 aromatic carbocycles. The van der Waals surface area contributed by atoms with Gasteiger partial charge in [-0.3, -0.25) is 9.88 Å². The van der Waals surface area contributed by atoms with Crippen LogP contribution in [0.15, 0.2) is 36.5 Å². The number of ether oxygens (including phenoxy) is 1. The van der Waals surface area contributed by atoms with Crippen molar-refractivity contribution < 1.29 is 13.9 Å². The smallest absolute Gasteiger partial charge is 0.323 e. The van der Waals surface area contributed by atoms with Crippen LogP contribution in [0.4, 0.5) is 15.0 Å². The molecule has 2 amide bonds. The van der Waals surface area contributed by atoms with E-state index in [0.29, 0.717) is 34.6 Å². The molecule has 1 saturated heterocycles. The lowest BCUT2D eigenvalue weighted by Gasteiger charge is -2.18. The minimum absolute atomic E-state index is 0.00229. The number of amides is 2. The highest BCUT2D eigenvalue weighted by atomic mass is 19.1. The third-order valence-corrected chi connectivity index (χ3v) is 5.79. The van der Waals surface area contributed by atoms with E-state index in [4.69, 9.17) is 4.74 Å². The van der Waals surface area contributed by atoms with E-state index >= 15 is 0 Å². The van der Waals surface area contributed by atoms with Crippen molar-refractivity contribution in [1.82, 2.24) is 25.2 Å². The Morgan fingerprint density at radius 2 is 1.97 bits per heavy atom.